The molecule has 1 atom stereocenters. The molecule has 1 saturated heterocycles. The number of rotatable bonds is 5. The molecular weight excluding hydrogens is 394 g/mol. The van der Waals surface area contributed by atoms with Gasteiger partial charge in [-0.1, -0.05) is 54.6 Å². The predicted molar refractivity (Wildman–Crippen MR) is 109 cm³/mol. The van der Waals surface area contributed by atoms with E-state index >= 15 is 0 Å². The van der Waals surface area contributed by atoms with Crippen LogP contribution in [-0.2, 0) is 19.9 Å². The summed E-state index contributed by atoms with van der Waals surface area (Å²) in [4.78, 5) is 0.457. The minimum absolute atomic E-state index is 0.207. The molecule has 3 aromatic carbocycles. The monoisotopic (exact) mass is 415 g/mol. The SMILES string of the molecule is O=S(=O)(C[C@H]1CCCN1S(=O)(=O)c1cccc2ccccc12)c1ccccc1. The number of sulfonamides is 1. The van der Waals surface area contributed by atoms with Crippen LogP contribution in [0.25, 0.3) is 10.8 Å². The fourth-order valence-corrected chi connectivity index (χ4v) is 7.44. The predicted octanol–water partition coefficient (Wildman–Crippen LogP) is 3.47. The summed E-state index contributed by atoms with van der Waals surface area (Å²) in [6.07, 6.45) is 1.19. The first-order valence-corrected chi connectivity index (χ1v) is 12.3. The summed E-state index contributed by atoms with van der Waals surface area (Å²) in [6, 6.07) is 20.2. The summed E-state index contributed by atoms with van der Waals surface area (Å²) in [6.45, 7) is 0.334. The maximum Gasteiger partial charge on any atom is 0.243 e. The molecule has 1 fully saturated rings. The van der Waals surface area contributed by atoms with Crippen LogP contribution >= 0.6 is 0 Å². The Morgan fingerprint density at radius 1 is 0.821 bits per heavy atom. The van der Waals surface area contributed by atoms with E-state index in [-0.39, 0.29) is 15.5 Å². The van der Waals surface area contributed by atoms with Crippen molar-refractivity contribution in [2.24, 2.45) is 0 Å². The molecule has 1 aliphatic rings. The van der Waals surface area contributed by atoms with Crippen LogP contribution in [0.3, 0.4) is 0 Å². The fourth-order valence-electron chi connectivity index (χ4n) is 3.82. The lowest BCUT2D eigenvalue weighted by atomic mass is 10.1. The summed E-state index contributed by atoms with van der Waals surface area (Å²) in [5.41, 5.74) is 0. The molecule has 146 valence electrons. The molecule has 4 rings (SSSR count). The molecule has 0 aromatic heterocycles. The second-order valence-electron chi connectivity index (χ2n) is 6.98. The first-order valence-electron chi connectivity index (χ1n) is 9.17. The van der Waals surface area contributed by atoms with Crippen molar-refractivity contribution in [1.29, 1.82) is 0 Å². The molecule has 0 N–H and O–H groups in total. The zero-order valence-electron chi connectivity index (χ0n) is 15.2. The van der Waals surface area contributed by atoms with Crippen LogP contribution in [-0.4, -0.2) is 39.5 Å². The normalized spacial score (nSPS) is 18.5. The Bertz CT molecular complexity index is 1200. The molecule has 0 aliphatic carbocycles. The Morgan fingerprint density at radius 2 is 1.50 bits per heavy atom. The molecule has 0 amide bonds. The van der Waals surface area contributed by atoms with Crippen molar-refractivity contribution in [2.45, 2.75) is 28.7 Å². The highest BCUT2D eigenvalue weighted by Crippen LogP contribution is 2.31. The summed E-state index contributed by atoms with van der Waals surface area (Å²) in [5.74, 6) is -0.207. The zero-order chi connectivity index (χ0) is 19.8. The summed E-state index contributed by atoms with van der Waals surface area (Å²) in [5, 5.41) is 1.50. The van der Waals surface area contributed by atoms with E-state index in [1.54, 1.807) is 48.5 Å². The molecule has 0 bridgehead atoms. The van der Waals surface area contributed by atoms with Crippen molar-refractivity contribution >= 4 is 30.6 Å². The molecule has 1 heterocycles. The van der Waals surface area contributed by atoms with Crippen LogP contribution in [0, 0.1) is 0 Å². The molecule has 3 aromatic rings. The van der Waals surface area contributed by atoms with Gasteiger partial charge in [-0.25, -0.2) is 16.8 Å². The van der Waals surface area contributed by atoms with Crippen LogP contribution in [0.2, 0.25) is 0 Å². The Hall–Kier alpha value is -2.22. The molecule has 7 heteroatoms. The second kappa shape index (κ2) is 7.31. The van der Waals surface area contributed by atoms with Crippen molar-refractivity contribution in [3.05, 3.63) is 72.8 Å². The van der Waals surface area contributed by atoms with Crippen molar-refractivity contribution in [2.75, 3.05) is 12.3 Å². The van der Waals surface area contributed by atoms with Crippen LogP contribution < -0.4 is 0 Å². The van der Waals surface area contributed by atoms with E-state index < -0.39 is 25.9 Å². The highest BCUT2D eigenvalue weighted by atomic mass is 32.2. The Kier molecular flexibility index (Phi) is 4.99. The van der Waals surface area contributed by atoms with E-state index in [1.165, 1.54) is 4.31 Å². The Morgan fingerprint density at radius 3 is 2.29 bits per heavy atom. The maximum absolute atomic E-state index is 13.4. The van der Waals surface area contributed by atoms with E-state index in [0.29, 0.717) is 24.8 Å². The van der Waals surface area contributed by atoms with E-state index in [4.69, 9.17) is 0 Å². The van der Waals surface area contributed by atoms with Gasteiger partial charge in [0.2, 0.25) is 10.0 Å². The fraction of sp³-hybridized carbons (Fsp3) is 0.238. The Labute approximate surface area is 165 Å². The molecule has 0 radical (unpaired) electrons. The van der Waals surface area contributed by atoms with Gasteiger partial charge in [0.1, 0.15) is 0 Å². The molecular formula is C21H21NO4S2. The lowest BCUT2D eigenvalue weighted by Crippen LogP contribution is -2.39. The maximum atomic E-state index is 13.4. The van der Waals surface area contributed by atoms with Gasteiger partial charge < -0.3 is 0 Å². The largest absolute Gasteiger partial charge is 0.243 e. The van der Waals surface area contributed by atoms with Crippen molar-refractivity contribution in [3.63, 3.8) is 0 Å². The third kappa shape index (κ3) is 3.45. The number of nitrogens with zero attached hydrogens (tertiary/aromatic N) is 1. The minimum atomic E-state index is -3.80. The van der Waals surface area contributed by atoms with E-state index in [0.717, 1.165) is 5.39 Å². The van der Waals surface area contributed by atoms with Gasteiger partial charge in [0.05, 0.1) is 15.5 Å². The van der Waals surface area contributed by atoms with Gasteiger partial charge in [0.15, 0.2) is 9.84 Å². The van der Waals surface area contributed by atoms with Gasteiger partial charge in [0.25, 0.3) is 0 Å². The van der Waals surface area contributed by atoms with Gasteiger partial charge in [-0.2, -0.15) is 4.31 Å². The second-order valence-corrected chi connectivity index (χ2v) is 10.9. The van der Waals surface area contributed by atoms with Crippen molar-refractivity contribution in [3.8, 4) is 0 Å². The van der Waals surface area contributed by atoms with Crippen LogP contribution in [0.1, 0.15) is 12.8 Å². The lowest BCUT2D eigenvalue weighted by molar-refractivity contribution is 0.408. The summed E-state index contributed by atoms with van der Waals surface area (Å²) in [7, 11) is -7.37. The first-order chi connectivity index (χ1) is 13.4. The van der Waals surface area contributed by atoms with E-state index in [1.807, 2.05) is 24.3 Å². The van der Waals surface area contributed by atoms with Gasteiger partial charge in [-0.15, -0.1) is 0 Å². The summed E-state index contributed by atoms with van der Waals surface area (Å²) < 4.78 is 53.8. The standard InChI is InChI=1S/C21H21NO4S2/c23-27(24,19-11-2-1-3-12-19)16-18-10-7-15-22(18)28(25,26)21-14-6-9-17-8-4-5-13-20(17)21/h1-6,8-9,11-14,18H,7,10,15-16H2/t18-/m1/s1. The molecule has 0 unspecified atom stereocenters. The number of benzene rings is 3. The highest BCUT2D eigenvalue weighted by Gasteiger charge is 2.38. The topological polar surface area (TPSA) is 71.5 Å². The van der Waals surface area contributed by atoms with E-state index in [2.05, 4.69) is 0 Å². The third-order valence-corrected chi connectivity index (χ3v) is 9.00. The lowest BCUT2D eigenvalue weighted by Gasteiger charge is -2.24. The van der Waals surface area contributed by atoms with Gasteiger partial charge in [-0.3, -0.25) is 0 Å². The number of hydrogen-bond acceptors (Lipinski definition) is 4. The average Bonchev–Trinajstić information content (AvgIpc) is 3.16. The first kappa shape index (κ1) is 19.1. The van der Waals surface area contributed by atoms with E-state index in [9.17, 15) is 16.8 Å². The quantitative estimate of drug-likeness (QED) is 0.640. The molecule has 5 nitrogen and oxygen atoms in total. The number of fused-ring (bicyclic) bond motifs is 1. The van der Waals surface area contributed by atoms with Crippen molar-refractivity contribution in [1.82, 2.24) is 4.31 Å². The summed E-state index contributed by atoms with van der Waals surface area (Å²) >= 11 is 0. The minimum Gasteiger partial charge on any atom is -0.224 e. The van der Waals surface area contributed by atoms with Gasteiger partial charge in [-0.05, 0) is 36.4 Å². The van der Waals surface area contributed by atoms with Crippen LogP contribution in [0.4, 0.5) is 0 Å². The molecule has 28 heavy (non-hydrogen) atoms. The Balaban J connectivity index is 1.70. The molecule has 1 aliphatic heterocycles. The van der Waals surface area contributed by atoms with Gasteiger partial charge >= 0.3 is 0 Å². The number of sulfone groups is 1. The molecule has 0 saturated carbocycles. The van der Waals surface area contributed by atoms with Crippen LogP contribution in [0.5, 0.6) is 0 Å². The highest BCUT2D eigenvalue weighted by molar-refractivity contribution is 7.91. The number of hydrogen-bond donors (Lipinski definition) is 0. The van der Waals surface area contributed by atoms with Crippen molar-refractivity contribution < 1.29 is 16.8 Å². The smallest absolute Gasteiger partial charge is 0.224 e. The van der Waals surface area contributed by atoms with Gasteiger partial charge in [0, 0.05) is 18.0 Å². The average molecular weight is 416 g/mol. The zero-order valence-corrected chi connectivity index (χ0v) is 16.9. The third-order valence-electron chi connectivity index (χ3n) is 5.17. The van der Waals surface area contributed by atoms with Crippen LogP contribution in [0.15, 0.2) is 82.6 Å². The molecule has 0 spiro atoms.